The Labute approximate surface area is 332 Å². The molecule has 1 aliphatic heterocycles. The van der Waals surface area contributed by atoms with E-state index in [0.29, 0.717) is 0 Å². The van der Waals surface area contributed by atoms with Crippen LogP contribution in [-0.2, 0) is 5.41 Å². The Bertz CT molecular complexity index is 2810. The molecule has 1 atom stereocenters. The predicted octanol–water partition coefficient (Wildman–Crippen LogP) is 14.6. The van der Waals surface area contributed by atoms with Gasteiger partial charge in [0.25, 0.3) is 0 Å². The van der Waals surface area contributed by atoms with Gasteiger partial charge in [0.2, 0.25) is 0 Å². The summed E-state index contributed by atoms with van der Waals surface area (Å²) < 4.78 is 0. The topological polar surface area (TPSA) is 6.48 Å². The summed E-state index contributed by atoms with van der Waals surface area (Å²) in [6.45, 7) is 0. The van der Waals surface area contributed by atoms with E-state index in [1.54, 1.807) is 0 Å². The Morgan fingerprint density at radius 3 is 1.46 bits per heavy atom. The van der Waals surface area contributed by atoms with Gasteiger partial charge in [-0.15, -0.1) is 0 Å². The lowest BCUT2D eigenvalue weighted by Crippen LogP contribution is -2.32. The van der Waals surface area contributed by atoms with Crippen LogP contribution in [0, 0.1) is 0 Å². The molecule has 2 aliphatic rings. The van der Waals surface area contributed by atoms with E-state index in [1.807, 2.05) is 11.8 Å². The van der Waals surface area contributed by atoms with E-state index in [0.717, 1.165) is 34.1 Å². The molecule has 0 amide bonds. The Morgan fingerprint density at radius 2 is 0.839 bits per heavy atom. The van der Waals surface area contributed by atoms with E-state index in [9.17, 15) is 0 Å². The highest BCUT2D eigenvalue weighted by molar-refractivity contribution is 7.99. The van der Waals surface area contributed by atoms with Gasteiger partial charge in [-0.05, 0) is 129 Å². The normalized spacial score (nSPS) is 14.8. The zero-order chi connectivity index (χ0) is 37.1. The van der Waals surface area contributed by atoms with Crippen LogP contribution in [0.3, 0.4) is 0 Å². The van der Waals surface area contributed by atoms with Crippen LogP contribution in [0.1, 0.15) is 22.3 Å². The molecule has 0 saturated heterocycles. The summed E-state index contributed by atoms with van der Waals surface area (Å²) in [7, 11) is 0. The first-order valence-corrected chi connectivity index (χ1v) is 20.0. The van der Waals surface area contributed by atoms with E-state index >= 15 is 0 Å². The largest absolute Gasteiger partial charge is 0.310 e. The SMILES string of the molecule is c1ccc(N(c2ccccc2)c2ccc3c(c2)-c2ccc(N(c4ccccc4)c4ccccc4)cc2C32c3ccccc3Sc3ccc4ccccc4c32)cc1. The quantitative estimate of drug-likeness (QED) is 0.168. The molecule has 0 radical (unpaired) electrons. The van der Waals surface area contributed by atoms with E-state index in [4.69, 9.17) is 0 Å². The van der Waals surface area contributed by atoms with Crippen LogP contribution in [0.4, 0.5) is 34.1 Å². The summed E-state index contributed by atoms with van der Waals surface area (Å²) in [6, 6.07) is 80.0. The van der Waals surface area contributed by atoms with Gasteiger partial charge < -0.3 is 9.80 Å². The minimum Gasteiger partial charge on any atom is -0.310 e. The van der Waals surface area contributed by atoms with Gasteiger partial charge in [0.15, 0.2) is 0 Å². The van der Waals surface area contributed by atoms with Gasteiger partial charge >= 0.3 is 0 Å². The highest BCUT2D eigenvalue weighted by Crippen LogP contribution is 2.64. The molecular weight excluding hydrogens is 697 g/mol. The molecule has 0 saturated carbocycles. The zero-order valence-electron chi connectivity index (χ0n) is 30.6. The van der Waals surface area contributed by atoms with Crippen LogP contribution in [0.5, 0.6) is 0 Å². The summed E-state index contributed by atoms with van der Waals surface area (Å²) in [5.74, 6) is 0. The fraction of sp³-hybridized carbons (Fsp3) is 0.0189. The zero-order valence-corrected chi connectivity index (χ0v) is 31.4. The van der Waals surface area contributed by atoms with Crippen LogP contribution in [-0.4, -0.2) is 0 Å². The van der Waals surface area contributed by atoms with Gasteiger partial charge in [-0.25, -0.2) is 0 Å². The number of fused-ring (bicyclic) bond motifs is 11. The molecule has 1 aliphatic carbocycles. The standard InChI is InChI=1S/C53H36N2S/c1-5-18-38(19-6-1)54(39-20-7-2-8-21-39)42-31-33-47-46(35-42)45-32-30-43(55(40-22-9-3-10-23-40)41-24-11-4-12-25-41)36-49(45)53(47)48-27-15-16-28-50(48)56-51-34-29-37-17-13-14-26-44(37)52(51)53/h1-36H. The molecule has 0 aromatic heterocycles. The van der Waals surface area contributed by atoms with E-state index in [-0.39, 0.29) is 0 Å². The molecule has 264 valence electrons. The van der Waals surface area contributed by atoms with Crippen molar-refractivity contribution < 1.29 is 0 Å². The van der Waals surface area contributed by atoms with Crippen LogP contribution in [0.15, 0.2) is 228 Å². The molecule has 0 bridgehead atoms. The van der Waals surface area contributed by atoms with E-state index < -0.39 is 5.41 Å². The predicted molar refractivity (Wildman–Crippen MR) is 235 cm³/mol. The number of anilines is 6. The smallest absolute Gasteiger partial charge is 0.0742 e. The number of hydrogen-bond acceptors (Lipinski definition) is 3. The van der Waals surface area contributed by atoms with Gasteiger partial charge in [0.1, 0.15) is 0 Å². The van der Waals surface area contributed by atoms with Crippen molar-refractivity contribution in [3.63, 3.8) is 0 Å². The Morgan fingerprint density at radius 1 is 0.321 bits per heavy atom. The molecule has 1 spiro atoms. The first kappa shape index (κ1) is 32.6. The number of nitrogens with zero attached hydrogens (tertiary/aromatic N) is 2. The summed E-state index contributed by atoms with van der Waals surface area (Å²) in [5.41, 5.74) is 14.0. The molecule has 11 rings (SSSR count). The third-order valence-corrected chi connectivity index (χ3v) is 12.6. The number of benzene rings is 9. The molecule has 1 unspecified atom stereocenters. The second kappa shape index (κ2) is 13.2. The highest BCUT2D eigenvalue weighted by atomic mass is 32.2. The van der Waals surface area contributed by atoms with Gasteiger partial charge in [-0.1, -0.05) is 145 Å². The molecule has 3 heteroatoms. The van der Waals surface area contributed by atoms with Crippen LogP contribution >= 0.6 is 11.8 Å². The van der Waals surface area contributed by atoms with E-state index in [2.05, 4.69) is 228 Å². The molecule has 56 heavy (non-hydrogen) atoms. The second-order valence-corrected chi connectivity index (χ2v) is 15.6. The van der Waals surface area contributed by atoms with Gasteiger partial charge in [0.05, 0.1) is 5.41 Å². The Hall–Kier alpha value is -6.81. The molecule has 2 nitrogen and oxygen atoms in total. The van der Waals surface area contributed by atoms with Crippen molar-refractivity contribution >= 4 is 56.7 Å². The maximum Gasteiger partial charge on any atom is 0.0742 e. The summed E-state index contributed by atoms with van der Waals surface area (Å²) >= 11 is 1.90. The van der Waals surface area contributed by atoms with Crippen molar-refractivity contribution in [2.75, 3.05) is 9.80 Å². The molecule has 1 heterocycles. The molecule has 0 N–H and O–H groups in total. The Kier molecular flexibility index (Phi) is 7.68. The molecule has 0 fully saturated rings. The minimum atomic E-state index is -0.569. The van der Waals surface area contributed by atoms with E-state index in [1.165, 1.54) is 53.9 Å². The fourth-order valence-corrected chi connectivity index (χ4v) is 10.4. The van der Waals surface area contributed by atoms with Crippen LogP contribution in [0.25, 0.3) is 21.9 Å². The third kappa shape index (κ3) is 4.98. The maximum atomic E-state index is 2.49. The average molecular weight is 733 g/mol. The average Bonchev–Trinajstić information content (AvgIpc) is 3.54. The Balaban J connectivity index is 1.24. The molecule has 9 aromatic rings. The number of hydrogen-bond donors (Lipinski definition) is 0. The van der Waals surface area contributed by atoms with Crippen molar-refractivity contribution in [1.29, 1.82) is 0 Å². The minimum absolute atomic E-state index is 0.569. The maximum absolute atomic E-state index is 2.49. The van der Waals surface area contributed by atoms with Crippen LogP contribution in [0.2, 0.25) is 0 Å². The first-order valence-electron chi connectivity index (χ1n) is 19.2. The first-order chi connectivity index (χ1) is 27.8. The fourth-order valence-electron chi connectivity index (χ4n) is 9.19. The lowest BCUT2D eigenvalue weighted by atomic mass is 9.66. The summed E-state index contributed by atoms with van der Waals surface area (Å²) in [4.78, 5) is 7.36. The van der Waals surface area contributed by atoms with Gasteiger partial charge in [0, 0.05) is 43.9 Å². The summed E-state index contributed by atoms with van der Waals surface area (Å²) in [6.07, 6.45) is 0. The van der Waals surface area contributed by atoms with Crippen molar-refractivity contribution in [3.8, 4) is 11.1 Å². The second-order valence-electron chi connectivity index (χ2n) is 14.5. The van der Waals surface area contributed by atoms with Crippen molar-refractivity contribution in [2.24, 2.45) is 0 Å². The lowest BCUT2D eigenvalue weighted by Gasteiger charge is -2.41. The number of para-hydroxylation sites is 4. The van der Waals surface area contributed by atoms with Crippen molar-refractivity contribution in [2.45, 2.75) is 15.2 Å². The monoisotopic (exact) mass is 732 g/mol. The molecular formula is C53H36N2S. The third-order valence-electron chi connectivity index (χ3n) is 11.5. The lowest BCUT2D eigenvalue weighted by molar-refractivity contribution is 0.730. The van der Waals surface area contributed by atoms with Crippen molar-refractivity contribution in [3.05, 3.63) is 241 Å². The summed E-state index contributed by atoms with van der Waals surface area (Å²) in [5, 5.41) is 2.54. The molecule has 9 aromatic carbocycles. The van der Waals surface area contributed by atoms with Crippen LogP contribution < -0.4 is 9.80 Å². The van der Waals surface area contributed by atoms with Gasteiger partial charge in [-0.2, -0.15) is 0 Å². The van der Waals surface area contributed by atoms with Gasteiger partial charge in [-0.3, -0.25) is 0 Å². The highest BCUT2D eigenvalue weighted by Gasteiger charge is 2.51. The number of rotatable bonds is 6. The van der Waals surface area contributed by atoms with Crippen molar-refractivity contribution in [1.82, 2.24) is 0 Å².